The van der Waals surface area contributed by atoms with Crippen LogP contribution in [0.5, 0.6) is 0 Å². The van der Waals surface area contributed by atoms with E-state index in [0.29, 0.717) is 12.2 Å². The van der Waals surface area contributed by atoms with Crippen molar-refractivity contribution in [3.63, 3.8) is 0 Å². The molecule has 0 bridgehead atoms. The highest BCUT2D eigenvalue weighted by atomic mass is 16.1. The minimum atomic E-state index is -0.208. The van der Waals surface area contributed by atoms with Crippen molar-refractivity contribution >= 4 is 5.78 Å². The zero-order valence-electron chi connectivity index (χ0n) is 12.1. The molecular formula is C16H25NO. The number of hydrogen-bond acceptors (Lipinski definition) is 2. The van der Waals surface area contributed by atoms with E-state index in [0.717, 1.165) is 19.5 Å². The maximum absolute atomic E-state index is 11.8. The molecule has 0 unspecified atom stereocenters. The van der Waals surface area contributed by atoms with Crippen molar-refractivity contribution in [3.8, 4) is 0 Å². The van der Waals surface area contributed by atoms with Crippen molar-refractivity contribution in [1.82, 2.24) is 4.90 Å². The lowest BCUT2D eigenvalue weighted by Crippen LogP contribution is -2.28. The Balaban J connectivity index is 2.26. The summed E-state index contributed by atoms with van der Waals surface area (Å²) in [5.74, 6) is 0.342. The van der Waals surface area contributed by atoms with Crippen LogP contribution in [0.2, 0.25) is 0 Å². The van der Waals surface area contributed by atoms with Gasteiger partial charge in [0.15, 0.2) is 0 Å². The van der Waals surface area contributed by atoms with Gasteiger partial charge >= 0.3 is 0 Å². The molecule has 2 nitrogen and oxygen atoms in total. The number of carbonyl (C=O) groups excluding carboxylic acids is 1. The monoisotopic (exact) mass is 247 g/mol. The molecule has 0 atom stereocenters. The van der Waals surface area contributed by atoms with Crippen molar-refractivity contribution in [3.05, 3.63) is 35.9 Å². The highest BCUT2D eigenvalue weighted by Gasteiger charge is 2.20. The molecule has 0 heterocycles. The molecule has 0 amide bonds. The van der Waals surface area contributed by atoms with Gasteiger partial charge in [0.1, 0.15) is 5.78 Å². The third-order valence-electron chi connectivity index (χ3n) is 3.18. The predicted octanol–water partition coefficient (Wildman–Crippen LogP) is 3.17. The van der Waals surface area contributed by atoms with Gasteiger partial charge < -0.3 is 4.90 Å². The Morgan fingerprint density at radius 2 is 1.72 bits per heavy atom. The number of Topliss-reactive ketones (excluding diaryl/α,β-unsaturated/α-hetero) is 1. The third kappa shape index (κ3) is 5.46. The lowest BCUT2D eigenvalue weighted by atomic mass is 9.89. The molecule has 1 aromatic carbocycles. The average molecular weight is 247 g/mol. The largest absolute Gasteiger partial charge is 0.306 e. The summed E-state index contributed by atoms with van der Waals surface area (Å²) >= 11 is 0. The molecule has 1 aromatic rings. The van der Waals surface area contributed by atoms with Gasteiger partial charge in [-0.05, 0) is 19.0 Å². The predicted molar refractivity (Wildman–Crippen MR) is 76.7 cm³/mol. The van der Waals surface area contributed by atoms with E-state index in [4.69, 9.17) is 0 Å². The van der Waals surface area contributed by atoms with E-state index in [9.17, 15) is 4.79 Å². The molecule has 0 aliphatic rings. The molecule has 0 aromatic heterocycles. The number of rotatable bonds is 6. The number of benzene rings is 1. The Kier molecular flexibility index (Phi) is 5.54. The summed E-state index contributed by atoms with van der Waals surface area (Å²) in [4.78, 5) is 14.0. The van der Waals surface area contributed by atoms with Crippen LogP contribution in [0.1, 0.15) is 32.8 Å². The first-order valence-corrected chi connectivity index (χ1v) is 6.65. The summed E-state index contributed by atoms with van der Waals surface area (Å²) < 4.78 is 0. The van der Waals surface area contributed by atoms with Gasteiger partial charge in [-0.15, -0.1) is 0 Å². The van der Waals surface area contributed by atoms with Crippen molar-refractivity contribution in [1.29, 1.82) is 0 Å². The van der Waals surface area contributed by atoms with E-state index < -0.39 is 0 Å². The first kappa shape index (κ1) is 14.9. The number of carbonyl (C=O) groups is 1. The highest BCUT2D eigenvalue weighted by Crippen LogP contribution is 2.16. The fourth-order valence-corrected chi connectivity index (χ4v) is 1.74. The van der Waals surface area contributed by atoms with Crippen molar-refractivity contribution < 1.29 is 4.79 Å². The minimum Gasteiger partial charge on any atom is -0.306 e. The van der Waals surface area contributed by atoms with Crippen molar-refractivity contribution in [2.45, 2.75) is 33.6 Å². The first-order valence-electron chi connectivity index (χ1n) is 6.65. The quantitative estimate of drug-likeness (QED) is 0.769. The van der Waals surface area contributed by atoms with Crippen molar-refractivity contribution in [2.24, 2.45) is 5.41 Å². The van der Waals surface area contributed by atoms with Crippen LogP contribution in [0.25, 0.3) is 0 Å². The van der Waals surface area contributed by atoms with Crippen LogP contribution in [0.3, 0.4) is 0 Å². The topological polar surface area (TPSA) is 20.3 Å². The van der Waals surface area contributed by atoms with E-state index in [2.05, 4.69) is 36.2 Å². The van der Waals surface area contributed by atoms with E-state index in [1.807, 2.05) is 26.8 Å². The van der Waals surface area contributed by atoms with Crippen LogP contribution in [0.4, 0.5) is 0 Å². The molecule has 0 spiro atoms. The molecular weight excluding hydrogens is 222 g/mol. The summed E-state index contributed by atoms with van der Waals surface area (Å²) in [6.45, 7) is 7.81. The van der Waals surface area contributed by atoms with Gasteiger partial charge in [0.2, 0.25) is 0 Å². The number of likely N-dealkylation sites (N-methyl/N-ethyl adjacent to an activating group) is 1. The highest BCUT2D eigenvalue weighted by molar-refractivity contribution is 5.83. The second kappa shape index (κ2) is 6.69. The van der Waals surface area contributed by atoms with Crippen molar-refractivity contribution in [2.75, 3.05) is 20.1 Å². The minimum absolute atomic E-state index is 0.208. The molecule has 0 radical (unpaired) electrons. The van der Waals surface area contributed by atoms with Crippen LogP contribution < -0.4 is 0 Å². The second-order valence-electron chi connectivity index (χ2n) is 5.96. The maximum atomic E-state index is 11.8. The Morgan fingerprint density at radius 3 is 2.28 bits per heavy atom. The molecule has 0 N–H and O–H groups in total. The van der Waals surface area contributed by atoms with Gasteiger partial charge in [0, 0.05) is 24.9 Å². The summed E-state index contributed by atoms with van der Waals surface area (Å²) in [7, 11) is 2.08. The maximum Gasteiger partial charge on any atom is 0.139 e. The van der Waals surface area contributed by atoms with Gasteiger partial charge in [-0.25, -0.2) is 0 Å². The molecule has 0 aliphatic heterocycles. The van der Waals surface area contributed by atoms with Gasteiger partial charge in [-0.1, -0.05) is 51.1 Å². The molecule has 0 saturated heterocycles. The lowest BCUT2D eigenvalue weighted by molar-refractivity contribution is -0.126. The van der Waals surface area contributed by atoms with Crippen LogP contribution in [0.15, 0.2) is 30.3 Å². The number of hydrogen-bond donors (Lipinski definition) is 0. The fourth-order valence-electron chi connectivity index (χ4n) is 1.74. The Labute approximate surface area is 111 Å². The summed E-state index contributed by atoms with van der Waals surface area (Å²) in [5.41, 5.74) is 1.15. The molecule has 1 rings (SSSR count). The second-order valence-corrected chi connectivity index (χ2v) is 5.96. The normalized spacial score (nSPS) is 11.8. The Bertz CT molecular complexity index is 364. The molecule has 18 heavy (non-hydrogen) atoms. The first-order chi connectivity index (χ1) is 8.39. The van der Waals surface area contributed by atoms with E-state index >= 15 is 0 Å². The van der Waals surface area contributed by atoms with E-state index in [1.165, 1.54) is 5.56 Å². The van der Waals surface area contributed by atoms with Gasteiger partial charge in [-0.3, -0.25) is 4.79 Å². The van der Waals surface area contributed by atoms with E-state index in [1.54, 1.807) is 0 Å². The average Bonchev–Trinajstić information content (AvgIpc) is 2.33. The SMILES string of the molecule is CN(CCC(=O)C(C)(C)C)CCc1ccccc1. The summed E-state index contributed by atoms with van der Waals surface area (Å²) in [6, 6.07) is 10.5. The van der Waals surface area contributed by atoms with Gasteiger partial charge in [0.25, 0.3) is 0 Å². The van der Waals surface area contributed by atoms with Gasteiger partial charge in [0.05, 0.1) is 0 Å². The number of nitrogens with zero attached hydrogens (tertiary/aromatic N) is 1. The fraction of sp³-hybridized carbons (Fsp3) is 0.562. The molecule has 0 saturated carbocycles. The standard InChI is InChI=1S/C16H25NO/c1-16(2,3)15(18)11-13-17(4)12-10-14-8-6-5-7-9-14/h5-9H,10-13H2,1-4H3. The smallest absolute Gasteiger partial charge is 0.139 e. The molecule has 0 aliphatic carbocycles. The van der Waals surface area contributed by atoms with Gasteiger partial charge in [-0.2, -0.15) is 0 Å². The van der Waals surface area contributed by atoms with E-state index in [-0.39, 0.29) is 5.41 Å². The molecule has 100 valence electrons. The van der Waals surface area contributed by atoms with Crippen LogP contribution in [-0.2, 0) is 11.2 Å². The van der Waals surface area contributed by atoms with Crippen LogP contribution in [-0.4, -0.2) is 30.8 Å². The van der Waals surface area contributed by atoms with Crippen LogP contribution >= 0.6 is 0 Å². The van der Waals surface area contributed by atoms with Crippen LogP contribution in [0, 0.1) is 5.41 Å². The Morgan fingerprint density at radius 1 is 1.11 bits per heavy atom. The summed E-state index contributed by atoms with van der Waals surface area (Å²) in [5, 5.41) is 0. The molecule has 0 fully saturated rings. The lowest BCUT2D eigenvalue weighted by Gasteiger charge is -2.20. The molecule has 2 heteroatoms. The third-order valence-corrected chi connectivity index (χ3v) is 3.18. The Hall–Kier alpha value is -1.15. The zero-order valence-corrected chi connectivity index (χ0v) is 12.1. The number of ketones is 1. The zero-order chi connectivity index (χ0) is 13.6. The summed E-state index contributed by atoms with van der Waals surface area (Å²) in [6.07, 6.45) is 1.69.